The van der Waals surface area contributed by atoms with E-state index < -0.39 is 0 Å². The van der Waals surface area contributed by atoms with Gasteiger partial charge in [-0.2, -0.15) is 4.98 Å². The van der Waals surface area contributed by atoms with Crippen LogP contribution in [-0.2, 0) is 6.42 Å². The van der Waals surface area contributed by atoms with E-state index in [1.54, 1.807) is 11.3 Å². The van der Waals surface area contributed by atoms with Gasteiger partial charge in [0.15, 0.2) is 0 Å². The van der Waals surface area contributed by atoms with Gasteiger partial charge in [0, 0.05) is 18.5 Å². The van der Waals surface area contributed by atoms with Gasteiger partial charge in [0.25, 0.3) is 0 Å². The highest BCUT2D eigenvalue weighted by Crippen LogP contribution is 2.31. The third kappa shape index (κ3) is 3.15. The molecule has 0 bridgehead atoms. The molecule has 5 heteroatoms. The maximum absolute atomic E-state index is 5.83. The maximum atomic E-state index is 5.83. The molecular formula is C14H22N4S. The molecule has 2 aromatic heterocycles. The van der Waals surface area contributed by atoms with Gasteiger partial charge in [-0.1, -0.05) is 20.8 Å². The zero-order chi connectivity index (χ0) is 14.0. The van der Waals surface area contributed by atoms with Gasteiger partial charge in [0.1, 0.15) is 10.6 Å². The van der Waals surface area contributed by atoms with Crippen LogP contribution in [0, 0.1) is 5.92 Å². The molecule has 0 unspecified atom stereocenters. The lowest BCUT2D eigenvalue weighted by Gasteiger charge is -2.20. The van der Waals surface area contributed by atoms with Crippen molar-refractivity contribution in [1.82, 2.24) is 9.97 Å². The molecule has 104 valence electrons. The number of hydrogen-bond acceptors (Lipinski definition) is 5. The predicted molar refractivity (Wildman–Crippen MR) is 83.9 cm³/mol. The fourth-order valence-corrected chi connectivity index (χ4v) is 2.96. The van der Waals surface area contributed by atoms with Crippen LogP contribution in [0.1, 0.15) is 32.1 Å². The number of nitrogens with zero attached hydrogens (tertiary/aromatic N) is 3. The molecule has 0 aliphatic rings. The van der Waals surface area contributed by atoms with E-state index in [1.165, 1.54) is 4.88 Å². The molecule has 4 nitrogen and oxygen atoms in total. The van der Waals surface area contributed by atoms with Crippen LogP contribution in [0.3, 0.4) is 0 Å². The van der Waals surface area contributed by atoms with Crippen molar-refractivity contribution in [1.29, 1.82) is 0 Å². The van der Waals surface area contributed by atoms with E-state index in [0.717, 1.165) is 35.4 Å². The zero-order valence-electron chi connectivity index (χ0n) is 12.1. The standard InChI is InChI=1S/C14H22N4S/c1-5-10-8-11-12(18(4)7-6-9(2)3)16-14(15)17-13(11)19-10/h8-9H,5-7H2,1-4H3,(H2,15,16,17). The Hall–Kier alpha value is -1.36. The van der Waals surface area contributed by atoms with E-state index in [0.29, 0.717) is 11.9 Å². The van der Waals surface area contributed by atoms with Crippen molar-refractivity contribution >= 4 is 33.3 Å². The first kappa shape index (κ1) is 14.1. The number of thiophene rings is 1. The molecule has 2 heterocycles. The average Bonchev–Trinajstić information content (AvgIpc) is 2.77. The van der Waals surface area contributed by atoms with E-state index in [9.17, 15) is 0 Å². The van der Waals surface area contributed by atoms with Crippen molar-refractivity contribution in [3.8, 4) is 0 Å². The normalized spacial score (nSPS) is 11.4. The number of hydrogen-bond donors (Lipinski definition) is 1. The Bertz CT molecular complexity index is 562. The lowest BCUT2D eigenvalue weighted by atomic mass is 10.1. The summed E-state index contributed by atoms with van der Waals surface area (Å²) in [5, 5.41) is 1.13. The molecule has 2 N–H and O–H groups in total. The minimum atomic E-state index is 0.364. The molecule has 0 saturated heterocycles. The Balaban J connectivity index is 2.37. The Labute approximate surface area is 118 Å². The summed E-state index contributed by atoms with van der Waals surface area (Å²) in [6, 6.07) is 2.20. The first-order chi connectivity index (χ1) is 9.01. The van der Waals surface area contributed by atoms with Crippen LogP contribution in [-0.4, -0.2) is 23.6 Å². The number of rotatable bonds is 5. The van der Waals surface area contributed by atoms with Gasteiger partial charge in [0.2, 0.25) is 5.95 Å². The minimum Gasteiger partial charge on any atom is -0.368 e. The summed E-state index contributed by atoms with van der Waals surface area (Å²) < 4.78 is 0. The average molecular weight is 278 g/mol. The van der Waals surface area contributed by atoms with E-state index in [2.05, 4.69) is 48.8 Å². The molecule has 0 fully saturated rings. The topological polar surface area (TPSA) is 55.0 Å². The number of aromatic nitrogens is 2. The summed E-state index contributed by atoms with van der Waals surface area (Å²) in [4.78, 5) is 13.3. The fraction of sp³-hybridized carbons (Fsp3) is 0.571. The van der Waals surface area contributed by atoms with Crippen molar-refractivity contribution in [2.24, 2.45) is 5.92 Å². The molecule has 2 rings (SSSR count). The largest absolute Gasteiger partial charge is 0.368 e. The first-order valence-corrected chi connectivity index (χ1v) is 7.60. The smallest absolute Gasteiger partial charge is 0.223 e. The van der Waals surface area contributed by atoms with Crippen LogP contribution in [0.4, 0.5) is 11.8 Å². The van der Waals surface area contributed by atoms with Gasteiger partial charge in [-0.3, -0.25) is 0 Å². The van der Waals surface area contributed by atoms with Gasteiger partial charge >= 0.3 is 0 Å². The number of fused-ring (bicyclic) bond motifs is 1. The maximum Gasteiger partial charge on any atom is 0.223 e. The van der Waals surface area contributed by atoms with Crippen molar-refractivity contribution in [2.45, 2.75) is 33.6 Å². The van der Waals surface area contributed by atoms with Gasteiger partial charge < -0.3 is 10.6 Å². The molecule has 0 spiro atoms. The fourth-order valence-electron chi connectivity index (χ4n) is 2.00. The van der Waals surface area contributed by atoms with Gasteiger partial charge in [-0.15, -0.1) is 11.3 Å². The number of nitrogens with two attached hydrogens (primary N) is 1. The molecule has 0 atom stereocenters. The lowest BCUT2D eigenvalue weighted by Crippen LogP contribution is -2.21. The van der Waals surface area contributed by atoms with Gasteiger partial charge in [-0.25, -0.2) is 4.98 Å². The minimum absolute atomic E-state index is 0.364. The third-order valence-corrected chi connectivity index (χ3v) is 4.37. The van der Waals surface area contributed by atoms with Crippen LogP contribution >= 0.6 is 11.3 Å². The van der Waals surface area contributed by atoms with E-state index in [4.69, 9.17) is 5.73 Å². The van der Waals surface area contributed by atoms with Gasteiger partial charge in [0.05, 0.1) is 5.39 Å². The predicted octanol–water partition coefficient (Wildman–Crippen LogP) is 3.32. The number of aryl methyl sites for hydroxylation is 1. The third-order valence-electron chi connectivity index (χ3n) is 3.19. The molecule has 2 aromatic rings. The Kier molecular flexibility index (Phi) is 4.24. The van der Waals surface area contributed by atoms with Crippen LogP contribution in [0.15, 0.2) is 6.07 Å². The SMILES string of the molecule is CCc1cc2c(N(C)CCC(C)C)nc(N)nc2s1. The molecule has 0 aromatic carbocycles. The van der Waals surface area contributed by atoms with E-state index in [1.807, 2.05) is 0 Å². The van der Waals surface area contributed by atoms with Crippen molar-refractivity contribution in [3.05, 3.63) is 10.9 Å². The van der Waals surface area contributed by atoms with Gasteiger partial charge in [-0.05, 0) is 24.8 Å². The second-order valence-electron chi connectivity index (χ2n) is 5.29. The quantitative estimate of drug-likeness (QED) is 0.911. The highest BCUT2D eigenvalue weighted by molar-refractivity contribution is 7.18. The van der Waals surface area contributed by atoms with Crippen LogP contribution in [0.5, 0.6) is 0 Å². The zero-order valence-corrected chi connectivity index (χ0v) is 12.9. The molecule has 0 amide bonds. The Morgan fingerprint density at radius 1 is 1.37 bits per heavy atom. The monoisotopic (exact) mass is 278 g/mol. The van der Waals surface area contributed by atoms with E-state index in [-0.39, 0.29) is 0 Å². The summed E-state index contributed by atoms with van der Waals surface area (Å²) in [7, 11) is 2.08. The summed E-state index contributed by atoms with van der Waals surface area (Å²) in [5.74, 6) is 2.01. The highest BCUT2D eigenvalue weighted by atomic mass is 32.1. The molecule has 0 aliphatic heterocycles. The first-order valence-electron chi connectivity index (χ1n) is 6.78. The summed E-state index contributed by atoms with van der Waals surface area (Å²) in [5.41, 5.74) is 5.83. The Morgan fingerprint density at radius 2 is 2.11 bits per heavy atom. The lowest BCUT2D eigenvalue weighted by molar-refractivity contribution is 0.584. The Morgan fingerprint density at radius 3 is 2.74 bits per heavy atom. The molecule has 19 heavy (non-hydrogen) atoms. The van der Waals surface area contributed by atoms with Crippen LogP contribution in [0.25, 0.3) is 10.2 Å². The van der Waals surface area contributed by atoms with Crippen LogP contribution in [0.2, 0.25) is 0 Å². The summed E-state index contributed by atoms with van der Waals surface area (Å²) in [6.45, 7) is 7.61. The number of nitrogen functional groups attached to an aromatic ring is 1. The number of anilines is 2. The van der Waals surface area contributed by atoms with E-state index >= 15 is 0 Å². The van der Waals surface area contributed by atoms with Crippen molar-refractivity contribution < 1.29 is 0 Å². The summed E-state index contributed by atoms with van der Waals surface area (Å²) >= 11 is 1.71. The molecular weight excluding hydrogens is 256 g/mol. The second kappa shape index (κ2) is 5.74. The van der Waals surface area contributed by atoms with Crippen LogP contribution < -0.4 is 10.6 Å². The summed E-state index contributed by atoms with van der Waals surface area (Å²) in [6.07, 6.45) is 2.17. The van der Waals surface area contributed by atoms with Crippen molar-refractivity contribution in [2.75, 3.05) is 24.2 Å². The van der Waals surface area contributed by atoms with Crippen molar-refractivity contribution in [3.63, 3.8) is 0 Å². The molecule has 0 saturated carbocycles. The highest BCUT2D eigenvalue weighted by Gasteiger charge is 2.13. The second-order valence-corrected chi connectivity index (χ2v) is 6.41. The molecule has 0 radical (unpaired) electrons. The molecule has 0 aliphatic carbocycles.